The lowest BCUT2D eigenvalue weighted by molar-refractivity contribution is -0.0731. The maximum absolute atomic E-state index is 10.0. The van der Waals surface area contributed by atoms with Crippen molar-refractivity contribution in [3.63, 3.8) is 0 Å². The lowest BCUT2D eigenvalue weighted by Crippen LogP contribution is -2.55. The van der Waals surface area contributed by atoms with E-state index in [4.69, 9.17) is 4.74 Å². The number of hydrogen-bond acceptors (Lipinski definition) is 5. The van der Waals surface area contributed by atoms with E-state index in [9.17, 15) is 5.11 Å². The summed E-state index contributed by atoms with van der Waals surface area (Å²) in [6, 6.07) is 10.6. The molecular weight excluding hydrogens is 314 g/mol. The highest BCUT2D eigenvalue weighted by Gasteiger charge is 2.24. The summed E-state index contributed by atoms with van der Waals surface area (Å²) in [6.45, 7) is 5.66. The second kappa shape index (κ2) is 9.27. The number of hydrogen-bond donors (Lipinski definition) is 2. The fraction of sp³-hybridized carbons (Fsp3) is 0.500. The van der Waals surface area contributed by atoms with Crippen molar-refractivity contribution in [2.45, 2.75) is 25.4 Å². The summed E-state index contributed by atoms with van der Waals surface area (Å²) >= 11 is 0. The van der Waals surface area contributed by atoms with E-state index in [1.54, 1.807) is 7.11 Å². The second-order valence-electron chi connectivity index (χ2n) is 6.69. The number of benzene rings is 1. The monoisotopic (exact) mass is 343 g/mol. The average molecular weight is 343 g/mol. The number of aliphatic hydroxyl groups is 1. The zero-order chi connectivity index (χ0) is 17.5. The van der Waals surface area contributed by atoms with Gasteiger partial charge in [0.25, 0.3) is 0 Å². The summed E-state index contributed by atoms with van der Waals surface area (Å²) in [4.78, 5) is 4.81. The minimum atomic E-state index is -0.377. The maximum atomic E-state index is 10.0. The molecule has 136 valence electrons. The molecule has 0 saturated carbocycles. The van der Waals surface area contributed by atoms with Crippen LogP contribution >= 0.6 is 0 Å². The Kier molecular flexibility index (Phi) is 6.78. The number of rotatable bonds is 7. The highest BCUT2D eigenvalue weighted by atomic mass is 16.5. The van der Waals surface area contributed by atoms with Crippen LogP contribution in [0.1, 0.15) is 12.0 Å². The molecule has 0 amide bonds. The summed E-state index contributed by atoms with van der Waals surface area (Å²) < 4.78 is 5.64. The first-order chi connectivity index (χ1) is 12.3. The summed E-state index contributed by atoms with van der Waals surface area (Å²) in [5.41, 5.74) is 2.39. The van der Waals surface area contributed by atoms with Crippen molar-refractivity contribution in [3.8, 4) is 0 Å². The third-order valence-corrected chi connectivity index (χ3v) is 4.93. The minimum absolute atomic E-state index is 0.113. The molecule has 2 N–H and O–H groups in total. The van der Waals surface area contributed by atoms with Crippen LogP contribution in [0.15, 0.2) is 54.1 Å². The average Bonchev–Trinajstić information content (AvgIpc) is 2.66. The molecule has 5 heteroatoms. The molecule has 1 saturated heterocycles. The fourth-order valence-corrected chi connectivity index (χ4v) is 3.40. The van der Waals surface area contributed by atoms with Gasteiger partial charge in [-0.3, -0.25) is 15.1 Å². The van der Waals surface area contributed by atoms with E-state index < -0.39 is 0 Å². The standard InChI is InChI=1S/C20H29N3O2/c1-25-20(21-15-18-9-5-6-10-19(18)24)23-13-11-22(12-14-23)16-17-7-3-2-4-8-17/h2-9,19-21,24H,10-16H2,1H3. The Morgan fingerprint density at radius 3 is 2.64 bits per heavy atom. The van der Waals surface area contributed by atoms with Crippen LogP contribution in [-0.2, 0) is 11.3 Å². The Balaban J connectivity index is 1.45. The summed E-state index contributed by atoms with van der Waals surface area (Å²) in [7, 11) is 1.74. The van der Waals surface area contributed by atoms with Crippen LogP contribution in [-0.4, -0.2) is 67.2 Å². The number of methoxy groups -OCH3 is 1. The molecule has 1 aromatic rings. The molecule has 2 unspecified atom stereocenters. The molecule has 1 aliphatic carbocycles. The molecule has 3 rings (SSSR count). The molecule has 5 nitrogen and oxygen atoms in total. The number of nitrogens with one attached hydrogen (secondary N) is 1. The van der Waals surface area contributed by atoms with Crippen LogP contribution in [0, 0.1) is 0 Å². The first-order valence-corrected chi connectivity index (χ1v) is 9.06. The lowest BCUT2D eigenvalue weighted by atomic mass is 10.0. The van der Waals surface area contributed by atoms with Gasteiger partial charge in [0.2, 0.25) is 0 Å². The van der Waals surface area contributed by atoms with Crippen LogP contribution in [0.25, 0.3) is 0 Å². The van der Waals surface area contributed by atoms with Crippen molar-refractivity contribution >= 4 is 0 Å². The highest BCUT2D eigenvalue weighted by Crippen LogP contribution is 2.14. The Bertz CT molecular complexity index is 580. The zero-order valence-electron chi connectivity index (χ0n) is 15.0. The van der Waals surface area contributed by atoms with Crippen molar-refractivity contribution < 1.29 is 9.84 Å². The smallest absolute Gasteiger partial charge is 0.165 e. The van der Waals surface area contributed by atoms with E-state index in [-0.39, 0.29) is 12.5 Å². The molecule has 1 aromatic carbocycles. The van der Waals surface area contributed by atoms with Gasteiger partial charge in [-0.15, -0.1) is 0 Å². The normalized spacial score (nSPS) is 23.4. The molecule has 0 spiro atoms. The Morgan fingerprint density at radius 1 is 1.20 bits per heavy atom. The van der Waals surface area contributed by atoms with Gasteiger partial charge in [0, 0.05) is 46.4 Å². The first-order valence-electron chi connectivity index (χ1n) is 9.06. The number of piperazine rings is 1. The maximum Gasteiger partial charge on any atom is 0.165 e. The van der Waals surface area contributed by atoms with Gasteiger partial charge in [-0.25, -0.2) is 0 Å². The van der Waals surface area contributed by atoms with Gasteiger partial charge in [-0.2, -0.15) is 0 Å². The van der Waals surface area contributed by atoms with Crippen molar-refractivity contribution in [1.29, 1.82) is 0 Å². The topological polar surface area (TPSA) is 48.0 Å². The summed E-state index contributed by atoms with van der Waals surface area (Å²) in [6.07, 6.45) is 6.20. The van der Waals surface area contributed by atoms with Gasteiger partial charge in [0.1, 0.15) is 0 Å². The van der Waals surface area contributed by atoms with E-state index in [0.29, 0.717) is 13.0 Å². The molecule has 1 fully saturated rings. The molecule has 0 bridgehead atoms. The molecule has 1 heterocycles. The van der Waals surface area contributed by atoms with E-state index >= 15 is 0 Å². The Morgan fingerprint density at radius 2 is 1.96 bits per heavy atom. The number of allylic oxidation sites excluding steroid dienone is 2. The van der Waals surface area contributed by atoms with Crippen LogP contribution in [0.2, 0.25) is 0 Å². The molecule has 0 aromatic heterocycles. The van der Waals surface area contributed by atoms with Gasteiger partial charge in [-0.05, 0) is 17.6 Å². The van der Waals surface area contributed by atoms with Gasteiger partial charge >= 0.3 is 0 Å². The number of nitrogens with zero attached hydrogens (tertiary/aromatic N) is 2. The zero-order valence-corrected chi connectivity index (χ0v) is 15.0. The van der Waals surface area contributed by atoms with E-state index in [2.05, 4.69) is 45.4 Å². The summed E-state index contributed by atoms with van der Waals surface area (Å²) in [5, 5.41) is 13.4. The largest absolute Gasteiger partial charge is 0.388 e. The van der Waals surface area contributed by atoms with Gasteiger partial charge in [0.15, 0.2) is 6.35 Å². The molecule has 25 heavy (non-hydrogen) atoms. The van der Waals surface area contributed by atoms with Crippen LogP contribution in [0.5, 0.6) is 0 Å². The second-order valence-corrected chi connectivity index (χ2v) is 6.69. The molecule has 1 aliphatic heterocycles. The predicted molar refractivity (Wildman–Crippen MR) is 99.9 cm³/mol. The van der Waals surface area contributed by atoms with Crippen molar-refractivity contribution in [3.05, 3.63) is 59.7 Å². The highest BCUT2D eigenvalue weighted by molar-refractivity contribution is 5.23. The lowest BCUT2D eigenvalue weighted by Gasteiger charge is -2.39. The van der Waals surface area contributed by atoms with Crippen molar-refractivity contribution in [2.24, 2.45) is 0 Å². The van der Waals surface area contributed by atoms with Gasteiger partial charge in [-0.1, -0.05) is 48.6 Å². The Hall–Kier alpha value is -1.50. The summed E-state index contributed by atoms with van der Waals surface area (Å²) in [5.74, 6) is 0. The van der Waals surface area contributed by atoms with E-state index in [0.717, 1.165) is 38.3 Å². The SMILES string of the molecule is COC(NCC1=CC=CCC1O)N1CCN(Cc2ccccc2)CC1. The minimum Gasteiger partial charge on any atom is -0.388 e. The molecule has 0 radical (unpaired) electrons. The molecule has 2 atom stereocenters. The quantitative estimate of drug-likeness (QED) is 0.736. The first kappa shape index (κ1) is 18.3. The number of ether oxygens (including phenoxy) is 1. The third-order valence-electron chi connectivity index (χ3n) is 4.93. The number of aliphatic hydroxyl groups excluding tert-OH is 1. The van der Waals surface area contributed by atoms with E-state index in [1.165, 1.54) is 5.56 Å². The third kappa shape index (κ3) is 5.23. The predicted octanol–water partition coefficient (Wildman–Crippen LogP) is 1.57. The van der Waals surface area contributed by atoms with Crippen molar-refractivity contribution in [2.75, 3.05) is 39.8 Å². The van der Waals surface area contributed by atoms with Crippen LogP contribution in [0.3, 0.4) is 0 Å². The van der Waals surface area contributed by atoms with Crippen LogP contribution in [0.4, 0.5) is 0 Å². The van der Waals surface area contributed by atoms with Gasteiger partial charge in [0.05, 0.1) is 6.10 Å². The fourth-order valence-electron chi connectivity index (χ4n) is 3.40. The van der Waals surface area contributed by atoms with E-state index in [1.807, 2.05) is 18.2 Å². The van der Waals surface area contributed by atoms with Gasteiger partial charge < -0.3 is 9.84 Å². The Labute approximate surface area is 150 Å². The van der Waals surface area contributed by atoms with Crippen LogP contribution < -0.4 is 5.32 Å². The molecule has 2 aliphatic rings. The van der Waals surface area contributed by atoms with Crippen molar-refractivity contribution in [1.82, 2.24) is 15.1 Å². The molecular formula is C20H29N3O2.